The van der Waals surface area contributed by atoms with Crippen molar-refractivity contribution in [3.63, 3.8) is 0 Å². The summed E-state index contributed by atoms with van der Waals surface area (Å²) in [6.45, 7) is 3.69. The van der Waals surface area contributed by atoms with Gasteiger partial charge >= 0.3 is 18.2 Å². The van der Waals surface area contributed by atoms with Crippen LogP contribution in [0.4, 0.5) is 45.5 Å². The van der Waals surface area contributed by atoms with E-state index in [4.69, 9.17) is 0 Å². The molecule has 2 aliphatic rings. The molecule has 4 aromatic rings. The molecule has 0 saturated heterocycles. The van der Waals surface area contributed by atoms with Gasteiger partial charge in [-0.15, -0.1) is 0 Å². The molecule has 0 fully saturated rings. The highest BCUT2D eigenvalue weighted by molar-refractivity contribution is 6.01. The molecule has 0 unspecified atom stereocenters. The van der Waals surface area contributed by atoms with E-state index in [0.29, 0.717) is 5.69 Å². The van der Waals surface area contributed by atoms with Gasteiger partial charge in [0, 0.05) is 48.9 Å². The van der Waals surface area contributed by atoms with Crippen LogP contribution in [0.25, 0.3) is 0 Å². The summed E-state index contributed by atoms with van der Waals surface area (Å²) in [7, 11) is 4.16. The zero-order valence-electron chi connectivity index (χ0n) is 25.7. The number of carbonyl (C=O) groups excluding carboxylic acids is 2. The van der Waals surface area contributed by atoms with E-state index in [1.54, 1.807) is 0 Å². The minimum Gasteiger partial charge on any atom is -0.308 e. The summed E-state index contributed by atoms with van der Waals surface area (Å²) in [6.07, 6.45) is -2.59. The first-order valence-electron chi connectivity index (χ1n) is 15.0. The summed E-state index contributed by atoms with van der Waals surface area (Å²) in [5, 5.41) is 11.2. The van der Waals surface area contributed by atoms with Gasteiger partial charge in [0.2, 0.25) is 0 Å². The molecular weight excluding hydrogens is 593 g/mol. The third-order valence-electron chi connectivity index (χ3n) is 7.91. The maximum atomic E-state index is 12.6. The van der Waals surface area contributed by atoms with Crippen LogP contribution >= 0.6 is 0 Å². The lowest BCUT2D eigenvalue weighted by atomic mass is 9.98. The second-order valence-electron chi connectivity index (χ2n) is 11.5. The fourth-order valence-corrected chi connectivity index (χ4v) is 5.57. The molecule has 4 N–H and O–H groups in total. The first kappa shape index (κ1) is 32.5. The Bertz CT molecular complexity index is 1660. The van der Waals surface area contributed by atoms with Gasteiger partial charge in [-0.1, -0.05) is 42.5 Å². The predicted molar refractivity (Wildman–Crippen MR) is 176 cm³/mol. The molecule has 0 radical (unpaired) electrons. The fourth-order valence-electron chi connectivity index (χ4n) is 5.57. The maximum Gasteiger partial charge on any atom is 0.416 e. The Labute approximate surface area is 266 Å². The highest BCUT2D eigenvalue weighted by Crippen LogP contribution is 2.30. The average Bonchev–Trinajstić information content (AvgIpc) is 3.01. The summed E-state index contributed by atoms with van der Waals surface area (Å²) in [5.74, 6) is 0. The molecule has 6 rings (SSSR count). The van der Waals surface area contributed by atoms with Crippen molar-refractivity contribution >= 4 is 34.8 Å². The van der Waals surface area contributed by atoms with Gasteiger partial charge in [-0.2, -0.15) is 13.2 Å². The Kier molecular flexibility index (Phi) is 10.2. The van der Waals surface area contributed by atoms with E-state index in [1.807, 2.05) is 67.7 Å². The summed E-state index contributed by atoms with van der Waals surface area (Å²) < 4.78 is 37.7. The van der Waals surface area contributed by atoms with Crippen LogP contribution in [0.15, 0.2) is 91.0 Å². The Morgan fingerprint density at radius 2 is 1.04 bits per heavy atom. The van der Waals surface area contributed by atoms with Gasteiger partial charge in [0.25, 0.3) is 0 Å². The molecule has 4 amide bonds. The van der Waals surface area contributed by atoms with E-state index in [2.05, 4.69) is 44.2 Å². The van der Waals surface area contributed by atoms with Crippen LogP contribution in [-0.2, 0) is 32.1 Å². The molecular formula is C35H37F3N6O2. The number of carbonyl (C=O) groups is 2. The maximum absolute atomic E-state index is 12.6. The largest absolute Gasteiger partial charge is 0.416 e. The lowest BCUT2D eigenvalue weighted by Crippen LogP contribution is -2.28. The van der Waals surface area contributed by atoms with Crippen molar-refractivity contribution in [3.05, 3.63) is 119 Å². The Hall–Kier alpha value is -4.87. The zero-order valence-corrected chi connectivity index (χ0v) is 25.7. The number of urea groups is 2. The van der Waals surface area contributed by atoms with Crippen LogP contribution < -0.4 is 21.3 Å². The normalized spacial score (nSPS) is 14.5. The third kappa shape index (κ3) is 8.64. The number of hydrogen-bond donors (Lipinski definition) is 4. The van der Waals surface area contributed by atoms with Crippen molar-refractivity contribution < 1.29 is 22.8 Å². The monoisotopic (exact) mass is 630 g/mol. The van der Waals surface area contributed by atoms with E-state index >= 15 is 0 Å². The topological polar surface area (TPSA) is 88.7 Å². The van der Waals surface area contributed by atoms with Gasteiger partial charge in [0.05, 0.1) is 5.56 Å². The van der Waals surface area contributed by atoms with Gasteiger partial charge in [-0.25, -0.2) is 9.59 Å². The minimum atomic E-state index is -4.39. The summed E-state index contributed by atoms with van der Waals surface area (Å²) >= 11 is 0. The minimum absolute atomic E-state index is 0.200. The second kappa shape index (κ2) is 14.5. The van der Waals surface area contributed by atoms with Crippen LogP contribution in [0.5, 0.6) is 0 Å². The Balaban J connectivity index is 0.000000184. The molecule has 0 aromatic heterocycles. The number of rotatable bonds is 4. The first-order chi connectivity index (χ1) is 22.0. The van der Waals surface area contributed by atoms with Crippen LogP contribution in [0.1, 0.15) is 27.8 Å². The van der Waals surface area contributed by atoms with Gasteiger partial charge < -0.3 is 31.1 Å². The Morgan fingerprint density at radius 3 is 1.50 bits per heavy atom. The molecule has 0 aliphatic carbocycles. The van der Waals surface area contributed by atoms with Crippen molar-refractivity contribution in [2.24, 2.45) is 0 Å². The van der Waals surface area contributed by atoms with Crippen LogP contribution in [0.2, 0.25) is 0 Å². The molecule has 11 heteroatoms. The fraction of sp³-hybridized carbons (Fsp3) is 0.257. The number of benzene rings is 4. The van der Waals surface area contributed by atoms with Crippen molar-refractivity contribution in [2.45, 2.75) is 32.1 Å². The van der Waals surface area contributed by atoms with E-state index in [0.717, 1.165) is 73.8 Å². The number of alkyl halides is 3. The molecule has 8 nitrogen and oxygen atoms in total. The summed E-state index contributed by atoms with van der Waals surface area (Å²) in [4.78, 5) is 28.7. The SMILES string of the molecule is CN1CCc2c(cccc2NC(=O)Nc2ccc(C(F)(F)F)cc2)C1.CN1CCc2c(cccc2NC(=O)Nc2ccccc2)C1. The first-order valence-corrected chi connectivity index (χ1v) is 15.0. The number of anilines is 4. The van der Waals surface area contributed by atoms with Crippen molar-refractivity contribution in [2.75, 3.05) is 48.5 Å². The number of hydrogen-bond acceptors (Lipinski definition) is 4. The number of para-hydroxylation sites is 1. The van der Waals surface area contributed by atoms with E-state index in [9.17, 15) is 22.8 Å². The van der Waals surface area contributed by atoms with Crippen LogP contribution in [0.3, 0.4) is 0 Å². The Morgan fingerprint density at radius 1 is 0.587 bits per heavy atom. The highest BCUT2D eigenvalue weighted by Gasteiger charge is 2.30. The van der Waals surface area contributed by atoms with Gasteiger partial charge in [0.1, 0.15) is 0 Å². The molecule has 240 valence electrons. The van der Waals surface area contributed by atoms with Crippen molar-refractivity contribution in [3.8, 4) is 0 Å². The predicted octanol–water partition coefficient (Wildman–Crippen LogP) is 7.66. The third-order valence-corrected chi connectivity index (χ3v) is 7.91. The lowest BCUT2D eigenvalue weighted by Gasteiger charge is -2.26. The number of halogens is 3. The second-order valence-corrected chi connectivity index (χ2v) is 11.5. The van der Waals surface area contributed by atoms with E-state index in [1.165, 1.54) is 28.8 Å². The van der Waals surface area contributed by atoms with Gasteiger partial charge in [-0.3, -0.25) is 0 Å². The summed E-state index contributed by atoms with van der Waals surface area (Å²) in [6, 6.07) is 25.0. The van der Waals surface area contributed by atoms with Crippen LogP contribution in [-0.4, -0.2) is 49.0 Å². The highest BCUT2D eigenvalue weighted by atomic mass is 19.4. The van der Waals surface area contributed by atoms with Crippen molar-refractivity contribution in [1.29, 1.82) is 0 Å². The molecule has 0 atom stereocenters. The summed E-state index contributed by atoms with van der Waals surface area (Å²) in [5.41, 5.74) is 6.79. The van der Waals surface area contributed by atoms with E-state index in [-0.39, 0.29) is 6.03 Å². The van der Waals surface area contributed by atoms with Crippen molar-refractivity contribution in [1.82, 2.24) is 9.80 Å². The number of amides is 4. The standard InChI is InChI=1S/C18H18F3N3O.C17H19N3O/c1-24-10-9-15-12(11-24)3-2-4-16(15)23-17(25)22-14-7-5-13(6-8-14)18(19,20)21;1-20-11-10-15-13(12-20)6-5-9-16(15)19-17(21)18-14-7-3-2-4-8-14/h2-8H,9-11H2,1H3,(H2,22,23,25);2-9H,10-12H2,1H3,(H2,18,19,21). The molecule has 0 spiro atoms. The number of likely N-dealkylation sites (N-methyl/N-ethyl adjacent to an activating group) is 2. The molecule has 0 saturated carbocycles. The molecule has 46 heavy (non-hydrogen) atoms. The lowest BCUT2D eigenvalue weighted by molar-refractivity contribution is -0.137. The average molecular weight is 631 g/mol. The van der Waals surface area contributed by atoms with Crippen LogP contribution in [0, 0.1) is 0 Å². The molecule has 4 aromatic carbocycles. The molecule has 2 heterocycles. The number of nitrogens with one attached hydrogen (secondary N) is 4. The number of nitrogens with zero attached hydrogens (tertiary/aromatic N) is 2. The zero-order chi connectivity index (χ0) is 32.7. The number of fused-ring (bicyclic) bond motifs is 2. The van der Waals surface area contributed by atoms with Gasteiger partial charge in [0.15, 0.2) is 0 Å². The van der Waals surface area contributed by atoms with E-state index < -0.39 is 17.8 Å². The smallest absolute Gasteiger partial charge is 0.308 e. The van der Waals surface area contributed by atoms with Gasteiger partial charge in [-0.05, 0) is 97.7 Å². The molecule has 2 aliphatic heterocycles. The molecule has 0 bridgehead atoms. The quantitative estimate of drug-likeness (QED) is 0.187.